The average molecular weight is 357 g/mol. The molecule has 4 nitrogen and oxygen atoms in total. The molecule has 0 aliphatic rings. The highest BCUT2D eigenvalue weighted by molar-refractivity contribution is 8.69. The molecule has 22 heavy (non-hydrogen) atoms. The zero-order valence-corrected chi connectivity index (χ0v) is 13.4. The van der Waals surface area contributed by atoms with Crippen LogP contribution in [0.4, 0.5) is 13.2 Å². The maximum absolute atomic E-state index is 12.5. The van der Waals surface area contributed by atoms with Gasteiger partial charge in [0.25, 0.3) is 0 Å². The molecule has 0 amide bonds. The van der Waals surface area contributed by atoms with E-state index in [2.05, 4.69) is 5.32 Å². The summed E-state index contributed by atoms with van der Waals surface area (Å²) in [5, 5.41) is 3.00. The third kappa shape index (κ3) is 8.62. The zero-order chi connectivity index (χ0) is 16.6. The van der Waals surface area contributed by atoms with Gasteiger partial charge in [0.1, 0.15) is 0 Å². The average Bonchev–Trinajstić information content (AvgIpc) is 2.40. The first-order valence-corrected chi connectivity index (χ1v) is 9.61. The normalized spacial score (nSPS) is 12.5. The van der Waals surface area contributed by atoms with E-state index in [9.17, 15) is 21.6 Å². The van der Waals surface area contributed by atoms with Gasteiger partial charge >= 0.3 is 15.3 Å². The Labute approximate surface area is 131 Å². The van der Waals surface area contributed by atoms with E-state index in [4.69, 9.17) is 4.55 Å². The minimum absolute atomic E-state index is 0.243. The highest BCUT2D eigenvalue weighted by atomic mass is 33.1. The quantitative estimate of drug-likeness (QED) is 0.404. The molecular formula is C13H18F3NO3S2. The Morgan fingerprint density at radius 2 is 1.91 bits per heavy atom. The van der Waals surface area contributed by atoms with E-state index in [1.807, 2.05) is 0 Å². The number of benzene rings is 1. The predicted octanol–water partition coefficient (Wildman–Crippen LogP) is 3.15. The van der Waals surface area contributed by atoms with Crippen molar-refractivity contribution in [3.05, 3.63) is 35.4 Å². The van der Waals surface area contributed by atoms with Crippen molar-refractivity contribution in [1.82, 2.24) is 5.32 Å². The predicted molar refractivity (Wildman–Crippen MR) is 81.3 cm³/mol. The van der Waals surface area contributed by atoms with Crippen LogP contribution in [-0.4, -0.2) is 31.8 Å². The maximum Gasteiger partial charge on any atom is 0.416 e. The third-order valence-electron chi connectivity index (χ3n) is 2.83. The summed E-state index contributed by atoms with van der Waals surface area (Å²) in [5.74, 6) is 0.243. The lowest BCUT2D eigenvalue weighted by atomic mass is 10.1. The lowest BCUT2D eigenvalue weighted by molar-refractivity contribution is -0.137. The van der Waals surface area contributed by atoms with Crippen LogP contribution in [0.3, 0.4) is 0 Å². The molecule has 126 valence electrons. The molecule has 0 radical (unpaired) electrons. The number of alkyl halides is 3. The Morgan fingerprint density at radius 1 is 1.18 bits per heavy atom. The first kappa shape index (κ1) is 19.3. The van der Waals surface area contributed by atoms with E-state index in [0.29, 0.717) is 35.9 Å². The van der Waals surface area contributed by atoms with Crippen molar-refractivity contribution in [3.63, 3.8) is 0 Å². The van der Waals surface area contributed by atoms with Crippen LogP contribution in [0.2, 0.25) is 0 Å². The van der Waals surface area contributed by atoms with Crippen LogP contribution in [0.1, 0.15) is 24.0 Å². The molecule has 1 rings (SSSR count). The smallest absolute Gasteiger partial charge is 0.316 e. The molecule has 0 atom stereocenters. The molecule has 1 aromatic rings. The number of rotatable bonds is 9. The van der Waals surface area contributed by atoms with Crippen molar-refractivity contribution in [2.24, 2.45) is 0 Å². The second-order valence-corrected chi connectivity index (χ2v) is 8.13. The summed E-state index contributed by atoms with van der Waals surface area (Å²) in [7, 11) is -3.53. The van der Waals surface area contributed by atoms with E-state index in [0.717, 1.165) is 25.0 Å². The van der Waals surface area contributed by atoms with Gasteiger partial charge in [-0.25, -0.2) is 0 Å². The molecule has 2 N–H and O–H groups in total. The molecule has 0 aromatic heterocycles. The van der Waals surface area contributed by atoms with Gasteiger partial charge in [-0.15, -0.1) is 0 Å². The number of nitrogens with one attached hydrogen (secondary N) is 1. The summed E-state index contributed by atoms with van der Waals surface area (Å²) in [5.41, 5.74) is 0.0158. The second kappa shape index (κ2) is 8.76. The van der Waals surface area contributed by atoms with Crippen LogP contribution in [0.5, 0.6) is 0 Å². The number of hydrogen-bond donors (Lipinski definition) is 2. The van der Waals surface area contributed by atoms with Crippen LogP contribution in [0.15, 0.2) is 24.3 Å². The number of aryl methyl sites for hydroxylation is 1. The third-order valence-corrected chi connectivity index (χ3v) is 4.90. The van der Waals surface area contributed by atoms with Gasteiger partial charge in [0, 0.05) is 12.3 Å². The largest absolute Gasteiger partial charge is 0.416 e. The molecule has 0 fully saturated rings. The summed E-state index contributed by atoms with van der Waals surface area (Å²) >= 11 is 0. The van der Waals surface area contributed by atoms with Crippen molar-refractivity contribution in [1.29, 1.82) is 0 Å². The van der Waals surface area contributed by atoms with Gasteiger partial charge in [-0.3, -0.25) is 4.55 Å². The van der Waals surface area contributed by atoms with Gasteiger partial charge in [-0.05, 0) is 48.2 Å². The van der Waals surface area contributed by atoms with Gasteiger partial charge in [0.15, 0.2) is 0 Å². The second-order valence-electron chi connectivity index (χ2n) is 4.65. The molecule has 0 spiro atoms. The number of hydrogen-bond acceptors (Lipinski definition) is 4. The molecule has 0 saturated carbocycles. The van der Waals surface area contributed by atoms with E-state index in [1.165, 1.54) is 6.07 Å². The molecule has 0 heterocycles. The molecule has 0 saturated heterocycles. The molecule has 0 aliphatic carbocycles. The number of halogens is 3. The highest BCUT2D eigenvalue weighted by Gasteiger charge is 2.30. The van der Waals surface area contributed by atoms with Crippen molar-refractivity contribution in [2.75, 3.05) is 18.8 Å². The monoisotopic (exact) mass is 357 g/mol. The van der Waals surface area contributed by atoms with E-state index in [1.54, 1.807) is 6.07 Å². The summed E-state index contributed by atoms with van der Waals surface area (Å²) in [6.07, 6.45) is -2.25. The Balaban J connectivity index is 2.18. The van der Waals surface area contributed by atoms with Crippen LogP contribution in [-0.2, 0) is 21.7 Å². The first-order chi connectivity index (χ1) is 10.2. The van der Waals surface area contributed by atoms with Gasteiger partial charge in [0.2, 0.25) is 0 Å². The minimum atomic E-state index is -4.32. The fourth-order valence-electron chi connectivity index (χ4n) is 1.83. The van der Waals surface area contributed by atoms with Crippen LogP contribution in [0.25, 0.3) is 0 Å². The SMILES string of the molecule is O=S(=O)(O)SCCNCCCCc1cccc(C(F)(F)F)c1. The molecule has 0 bridgehead atoms. The molecular weight excluding hydrogens is 339 g/mol. The minimum Gasteiger partial charge on any atom is -0.316 e. The fourth-order valence-corrected chi connectivity index (χ4v) is 3.15. The van der Waals surface area contributed by atoms with Gasteiger partial charge in [0.05, 0.1) is 5.56 Å². The Bertz CT molecular complexity index is 562. The zero-order valence-electron chi connectivity index (χ0n) is 11.8. The summed E-state index contributed by atoms with van der Waals surface area (Å²) in [6, 6.07) is 5.29. The van der Waals surface area contributed by atoms with E-state index in [-0.39, 0.29) is 5.75 Å². The fraction of sp³-hybridized carbons (Fsp3) is 0.538. The maximum atomic E-state index is 12.5. The first-order valence-electron chi connectivity index (χ1n) is 6.67. The van der Waals surface area contributed by atoms with Gasteiger partial charge in [-0.1, -0.05) is 18.2 Å². The van der Waals surface area contributed by atoms with Crippen LogP contribution < -0.4 is 5.32 Å². The number of unbranched alkanes of at least 4 members (excludes halogenated alkanes) is 1. The van der Waals surface area contributed by atoms with E-state index < -0.39 is 20.9 Å². The van der Waals surface area contributed by atoms with Crippen molar-refractivity contribution in [3.8, 4) is 0 Å². The van der Waals surface area contributed by atoms with Gasteiger partial charge < -0.3 is 5.32 Å². The van der Waals surface area contributed by atoms with Crippen molar-refractivity contribution in [2.45, 2.75) is 25.4 Å². The molecule has 0 unspecified atom stereocenters. The lowest BCUT2D eigenvalue weighted by Gasteiger charge is -2.09. The van der Waals surface area contributed by atoms with Gasteiger partial charge in [-0.2, -0.15) is 21.6 Å². The van der Waals surface area contributed by atoms with Crippen LogP contribution >= 0.6 is 10.8 Å². The standard InChI is InChI=1S/C13H18F3NO3S2/c14-13(15,16)12-6-3-5-11(10-12)4-1-2-7-17-8-9-21-22(18,19)20/h3,5-6,10,17H,1-2,4,7-9H2,(H,18,19,20). The Morgan fingerprint density at radius 3 is 2.55 bits per heavy atom. The highest BCUT2D eigenvalue weighted by Crippen LogP contribution is 2.29. The summed E-state index contributed by atoms with van der Waals surface area (Å²) < 4.78 is 67.0. The molecule has 0 aliphatic heterocycles. The molecule has 9 heteroatoms. The topological polar surface area (TPSA) is 66.4 Å². The van der Waals surface area contributed by atoms with E-state index >= 15 is 0 Å². The summed E-state index contributed by atoms with van der Waals surface area (Å²) in [4.78, 5) is 0. The molecule has 1 aromatic carbocycles. The lowest BCUT2D eigenvalue weighted by Crippen LogP contribution is -2.19. The Hall–Kier alpha value is -0.770. The Kier molecular flexibility index (Phi) is 7.67. The summed E-state index contributed by atoms with van der Waals surface area (Å²) in [6.45, 7) is 1.08. The van der Waals surface area contributed by atoms with Crippen molar-refractivity contribution < 1.29 is 26.1 Å². The van der Waals surface area contributed by atoms with Crippen molar-refractivity contribution >= 4 is 19.9 Å². The van der Waals surface area contributed by atoms with Crippen LogP contribution in [0, 0.1) is 0 Å².